The van der Waals surface area contributed by atoms with E-state index in [9.17, 15) is 14.4 Å². The van der Waals surface area contributed by atoms with Gasteiger partial charge < -0.3 is 24.7 Å². The molecule has 9 heteroatoms. The van der Waals surface area contributed by atoms with Crippen LogP contribution in [0.5, 0.6) is 0 Å². The molecule has 0 aliphatic carbocycles. The molecular formula is C23H21ClN4O4. The number of nitrogens with zero attached hydrogens (tertiary/aromatic N) is 2. The molecule has 1 unspecified atom stereocenters. The van der Waals surface area contributed by atoms with Crippen LogP contribution in [0.25, 0.3) is 11.3 Å². The maximum Gasteiger partial charge on any atom is 0.299 e. The number of benzene rings is 2. The number of amides is 2. The third kappa shape index (κ3) is 4.36. The van der Waals surface area contributed by atoms with Gasteiger partial charge in [0.1, 0.15) is 12.3 Å². The van der Waals surface area contributed by atoms with Crippen LogP contribution in [0.15, 0.2) is 53.1 Å². The normalized spacial score (nSPS) is 13.6. The molecule has 0 spiro atoms. The molecule has 3 aromatic rings. The minimum atomic E-state index is -0.700. The van der Waals surface area contributed by atoms with Crippen LogP contribution in [0.4, 0.5) is 11.7 Å². The van der Waals surface area contributed by atoms with Crippen LogP contribution in [0.1, 0.15) is 28.8 Å². The Bertz CT molecular complexity index is 1160. The fourth-order valence-corrected chi connectivity index (χ4v) is 3.82. The molecule has 2 aromatic carbocycles. The predicted octanol–water partition coefficient (Wildman–Crippen LogP) is 3.79. The van der Waals surface area contributed by atoms with Crippen LogP contribution in [0.3, 0.4) is 0 Å². The maximum absolute atomic E-state index is 12.9. The Hall–Kier alpha value is -3.65. The number of likely N-dealkylation sites (N-methyl/N-ethyl adjacent to an activating group) is 1. The lowest BCUT2D eigenvalue weighted by molar-refractivity contribution is -0.125. The lowest BCUT2D eigenvalue weighted by Gasteiger charge is -2.25. The molecule has 4 rings (SSSR count). The van der Waals surface area contributed by atoms with Gasteiger partial charge in [-0.15, -0.1) is 0 Å². The van der Waals surface area contributed by atoms with Crippen molar-refractivity contribution in [2.75, 3.05) is 12.4 Å². The third-order valence-corrected chi connectivity index (χ3v) is 5.56. The van der Waals surface area contributed by atoms with Crippen LogP contribution in [0, 0.1) is 0 Å². The summed E-state index contributed by atoms with van der Waals surface area (Å²) in [7, 11) is 1.52. The average molecular weight is 453 g/mol. The van der Waals surface area contributed by atoms with E-state index in [4.69, 9.17) is 16.0 Å². The fourth-order valence-electron chi connectivity index (χ4n) is 3.69. The summed E-state index contributed by atoms with van der Waals surface area (Å²) >= 11 is 5.90. The second kappa shape index (κ2) is 9.23. The molecule has 1 aromatic heterocycles. The Morgan fingerprint density at radius 1 is 1.28 bits per heavy atom. The number of aromatic nitrogens is 1. The molecule has 8 nitrogen and oxygen atoms in total. The van der Waals surface area contributed by atoms with Crippen LogP contribution in [0.2, 0.25) is 5.02 Å². The topological polar surface area (TPSA) is 105 Å². The van der Waals surface area contributed by atoms with Gasteiger partial charge in [-0.05, 0) is 48.4 Å². The highest BCUT2D eigenvalue weighted by Crippen LogP contribution is 2.32. The van der Waals surface area contributed by atoms with Gasteiger partial charge >= 0.3 is 0 Å². The zero-order valence-corrected chi connectivity index (χ0v) is 18.1. The molecule has 2 N–H and O–H groups in total. The van der Waals surface area contributed by atoms with Crippen molar-refractivity contribution in [3.63, 3.8) is 0 Å². The summed E-state index contributed by atoms with van der Waals surface area (Å²) in [5, 5.41) is 6.28. The first-order valence-electron chi connectivity index (χ1n) is 10.1. The molecule has 164 valence electrons. The third-order valence-electron chi connectivity index (χ3n) is 5.31. The second-order valence-electron chi connectivity index (χ2n) is 7.34. The maximum atomic E-state index is 12.9. The Morgan fingerprint density at radius 3 is 2.78 bits per heavy atom. The highest BCUT2D eigenvalue weighted by atomic mass is 35.5. The number of halogens is 1. The number of aldehydes is 1. The number of hydrogen-bond acceptors (Lipinski definition) is 6. The van der Waals surface area contributed by atoms with Gasteiger partial charge in [-0.1, -0.05) is 17.7 Å². The van der Waals surface area contributed by atoms with Gasteiger partial charge in [0.25, 0.3) is 11.9 Å². The molecule has 1 aliphatic rings. The lowest BCUT2D eigenvalue weighted by atomic mass is 10.1. The summed E-state index contributed by atoms with van der Waals surface area (Å²) in [6, 6.07) is 12.2. The van der Waals surface area contributed by atoms with Gasteiger partial charge in [0.05, 0.1) is 6.20 Å². The second-order valence-corrected chi connectivity index (χ2v) is 7.78. The first-order valence-corrected chi connectivity index (χ1v) is 10.5. The highest BCUT2D eigenvalue weighted by molar-refractivity contribution is 6.30. The van der Waals surface area contributed by atoms with E-state index in [1.54, 1.807) is 30.5 Å². The van der Waals surface area contributed by atoms with Crippen molar-refractivity contribution in [1.82, 2.24) is 15.2 Å². The summed E-state index contributed by atoms with van der Waals surface area (Å²) in [5.74, 6) is 0.0223. The van der Waals surface area contributed by atoms with Gasteiger partial charge in [0, 0.05) is 41.9 Å². The van der Waals surface area contributed by atoms with E-state index in [0.717, 1.165) is 23.1 Å². The molecular weight excluding hydrogens is 432 g/mol. The molecule has 2 heterocycles. The van der Waals surface area contributed by atoms with E-state index in [1.165, 1.54) is 11.9 Å². The van der Waals surface area contributed by atoms with Crippen molar-refractivity contribution in [3.8, 4) is 11.3 Å². The molecule has 1 atom stereocenters. The Morgan fingerprint density at radius 2 is 2.06 bits per heavy atom. The Kier molecular flexibility index (Phi) is 6.23. The molecule has 32 heavy (non-hydrogen) atoms. The zero-order chi connectivity index (χ0) is 22.7. The van der Waals surface area contributed by atoms with E-state index in [2.05, 4.69) is 15.6 Å². The number of anilines is 2. The van der Waals surface area contributed by atoms with Gasteiger partial charge in [0.15, 0.2) is 5.76 Å². The van der Waals surface area contributed by atoms with E-state index in [-0.39, 0.29) is 31.2 Å². The summed E-state index contributed by atoms with van der Waals surface area (Å²) in [5.41, 5.74) is 2.87. The fraction of sp³-hybridized carbons (Fsp3) is 0.217. The van der Waals surface area contributed by atoms with E-state index in [0.29, 0.717) is 22.4 Å². The van der Waals surface area contributed by atoms with E-state index in [1.807, 2.05) is 18.2 Å². The SMILES string of the molecule is CNC(=O)C(CCC=O)N1Cc2cc(-c3cnc(Nc4ccc(Cl)cc4)o3)ccc2C1=O. The van der Waals surface area contributed by atoms with Crippen molar-refractivity contribution in [2.45, 2.75) is 25.4 Å². The molecule has 1 aliphatic heterocycles. The molecule has 0 saturated carbocycles. The lowest BCUT2D eigenvalue weighted by Crippen LogP contribution is -2.46. The zero-order valence-electron chi connectivity index (χ0n) is 17.3. The van der Waals surface area contributed by atoms with Crippen molar-refractivity contribution in [1.29, 1.82) is 0 Å². The quantitative estimate of drug-likeness (QED) is 0.504. The molecule has 0 radical (unpaired) electrons. The van der Waals surface area contributed by atoms with Crippen molar-refractivity contribution in [2.24, 2.45) is 0 Å². The Balaban J connectivity index is 1.53. The number of oxazole rings is 1. The van der Waals surface area contributed by atoms with Crippen LogP contribution in [-0.2, 0) is 16.1 Å². The van der Waals surface area contributed by atoms with Crippen molar-refractivity contribution < 1.29 is 18.8 Å². The monoisotopic (exact) mass is 452 g/mol. The summed E-state index contributed by atoms with van der Waals surface area (Å²) < 4.78 is 5.82. The van der Waals surface area contributed by atoms with Gasteiger partial charge in [0.2, 0.25) is 5.91 Å². The number of nitrogens with one attached hydrogen (secondary N) is 2. The first kappa shape index (κ1) is 21.6. The van der Waals surface area contributed by atoms with Crippen molar-refractivity contribution >= 4 is 41.4 Å². The minimum Gasteiger partial charge on any atom is -0.423 e. The average Bonchev–Trinajstić information content (AvgIpc) is 3.40. The number of fused-ring (bicyclic) bond motifs is 1. The molecule has 2 amide bonds. The molecule has 0 fully saturated rings. The molecule has 0 saturated heterocycles. The van der Waals surface area contributed by atoms with Gasteiger partial charge in [-0.3, -0.25) is 9.59 Å². The number of carbonyl (C=O) groups excluding carboxylic acids is 3. The number of carbonyl (C=O) groups is 3. The van der Waals surface area contributed by atoms with E-state index < -0.39 is 6.04 Å². The first-order chi connectivity index (χ1) is 15.5. The summed E-state index contributed by atoms with van der Waals surface area (Å²) in [4.78, 5) is 41.8. The van der Waals surface area contributed by atoms with Crippen LogP contribution in [-0.4, -0.2) is 41.1 Å². The smallest absolute Gasteiger partial charge is 0.299 e. The van der Waals surface area contributed by atoms with Crippen molar-refractivity contribution in [3.05, 3.63) is 64.8 Å². The number of rotatable bonds is 8. The predicted molar refractivity (Wildman–Crippen MR) is 120 cm³/mol. The van der Waals surface area contributed by atoms with Crippen LogP contribution < -0.4 is 10.6 Å². The number of hydrogen-bond donors (Lipinski definition) is 2. The van der Waals surface area contributed by atoms with Gasteiger partial charge in [-0.25, -0.2) is 4.98 Å². The van der Waals surface area contributed by atoms with E-state index >= 15 is 0 Å². The largest absolute Gasteiger partial charge is 0.423 e. The molecule has 0 bridgehead atoms. The minimum absolute atomic E-state index is 0.199. The Labute approximate surface area is 189 Å². The van der Waals surface area contributed by atoms with Gasteiger partial charge in [-0.2, -0.15) is 0 Å². The standard InChI is InChI=1S/C23H21ClN4O4/c1-25-21(30)19(3-2-10-29)28-13-15-11-14(4-9-18(15)22(28)31)20-12-26-23(32-20)27-17-7-5-16(24)6-8-17/h4-12,19H,2-3,13H2,1H3,(H,25,30)(H,26,27). The summed E-state index contributed by atoms with van der Waals surface area (Å²) in [6.45, 7) is 0.281. The summed E-state index contributed by atoms with van der Waals surface area (Å²) in [6.07, 6.45) is 2.83. The van der Waals surface area contributed by atoms with Crippen LogP contribution >= 0.6 is 11.6 Å². The highest BCUT2D eigenvalue weighted by Gasteiger charge is 2.36.